The molecule has 1 heterocycles. The highest BCUT2D eigenvalue weighted by Crippen LogP contribution is 2.42. The second kappa shape index (κ2) is 12.2. The number of nitrogens with zero attached hydrogens (tertiary/aromatic N) is 1. The molecule has 216 valence electrons. The predicted octanol–water partition coefficient (Wildman–Crippen LogP) is 4.08. The Bertz CT molecular complexity index is 1140. The summed E-state index contributed by atoms with van der Waals surface area (Å²) in [7, 11) is -0.957. The molecule has 0 fully saturated rings. The molecule has 38 heavy (non-hydrogen) atoms. The number of fused-ring (bicyclic) bond motifs is 1. The van der Waals surface area contributed by atoms with E-state index in [4.69, 9.17) is 14.3 Å². The number of rotatable bonds is 10. The van der Waals surface area contributed by atoms with E-state index in [-0.39, 0.29) is 18.6 Å². The number of ether oxygens (including phenoxy) is 2. The maximum Gasteiger partial charge on any atom is 0.408 e. The average Bonchev–Trinajstić information content (AvgIpc) is 2.78. The molecule has 1 atom stereocenters. The minimum absolute atomic E-state index is 0.189. The van der Waals surface area contributed by atoms with Crippen LogP contribution in [0.2, 0.25) is 0 Å². The molecule has 0 radical (unpaired) electrons. The molecule has 0 spiro atoms. The molecule has 1 aromatic rings. The van der Waals surface area contributed by atoms with Gasteiger partial charge in [-0.15, -0.1) is 0 Å². The Balaban J connectivity index is 2.07. The van der Waals surface area contributed by atoms with Crippen LogP contribution in [0.1, 0.15) is 82.6 Å². The molecule has 11 heteroatoms. The molecule has 2 amide bonds. The summed E-state index contributed by atoms with van der Waals surface area (Å²) < 4.78 is 40.9. The molecule has 0 aliphatic carbocycles. The Kier molecular flexibility index (Phi) is 10.2. The molecule has 1 aromatic carbocycles. The number of carbonyl (C=O) groups excluding carboxylic acids is 2. The number of likely N-dealkylation sites (N-methyl/N-ethyl adjacent to an activating group) is 1. The van der Waals surface area contributed by atoms with Crippen LogP contribution in [-0.4, -0.2) is 63.4 Å². The topological polar surface area (TPSA) is 123 Å². The van der Waals surface area contributed by atoms with Crippen LogP contribution in [0.3, 0.4) is 0 Å². The highest BCUT2D eigenvalue weighted by atomic mass is 32.2. The summed E-state index contributed by atoms with van der Waals surface area (Å²) in [6.45, 7) is 15.0. The van der Waals surface area contributed by atoms with E-state index in [2.05, 4.69) is 10.0 Å². The number of carbonyl (C=O) groups is 2. The first kappa shape index (κ1) is 31.8. The fraction of sp³-hybridized carbons (Fsp3) is 0.704. The van der Waals surface area contributed by atoms with Gasteiger partial charge in [-0.3, -0.25) is 9.63 Å². The summed E-state index contributed by atoms with van der Waals surface area (Å²) in [6, 6.07) is -0.872. The number of amides is 2. The van der Waals surface area contributed by atoms with Crippen molar-refractivity contribution in [1.82, 2.24) is 15.1 Å². The summed E-state index contributed by atoms with van der Waals surface area (Å²) in [5, 5.41) is 3.64. The van der Waals surface area contributed by atoms with Crippen LogP contribution >= 0.6 is 0 Å². The van der Waals surface area contributed by atoms with Crippen LogP contribution in [0.25, 0.3) is 0 Å². The molecule has 2 N–H and O–H groups in total. The van der Waals surface area contributed by atoms with Crippen LogP contribution in [0.4, 0.5) is 4.79 Å². The Morgan fingerprint density at radius 1 is 1.11 bits per heavy atom. The zero-order valence-electron chi connectivity index (χ0n) is 24.5. The maximum atomic E-state index is 13.3. The van der Waals surface area contributed by atoms with E-state index in [1.165, 1.54) is 14.2 Å². The van der Waals surface area contributed by atoms with Gasteiger partial charge in [-0.1, -0.05) is 0 Å². The molecular weight excluding hydrogens is 510 g/mol. The molecule has 2 rings (SSSR count). The van der Waals surface area contributed by atoms with Crippen LogP contribution in [0.5, 0.6) is 5.75 Å². The highest BCUT2D eigenvalue weighted by Gasteiger charge is 2.33. The van der Waals surface area contributed by atoms with Gasteiger partial charge < -0.3 is 14.8 Å². The third-order valence-corrected chi connectivity index (χ3v) is 8.45. The number of hydrogen-bond donors (Lipinski definition) is 2. The van der Waals surface area contributed by atoms with Crippen molar-refractivity contribution in [2.45, 2.75) is 110 Å². The largest absolute Gasteiger partial charge is 0.487 e. The molecule has 0 saturated heterocycles. The van der Waals surface area contributed by atoms with Crippen molar-refractivity contribution in [3.8, 4) is 5.75 Å². The number of unbranched alkanes of at least 4 members (excludes halogenated alkanes) is 1. The molecular formula is C27H45N3O7S. The second-order valence-corrected chi connectivity index (χ2v) is 13.2. The standard InChI is InChI=1S/C27H45N3O7S/c1-17-18(2)23(19(3)20-14-15-27(7,8)36-22(17)20)38(33,34)28-16-12-11-13-21(24(31)30(9)35-10)29-25(32)37-26(4,5)6/h21,28H,11-16H2,1-10H3,(H,29,32). The van der Waals surface area contributed by atoms with Crippen LogP contribution in [0, 0.1) is 20.8 Å². The fourth-order valence-electron chi connectivity index (χ4n) is 4.52. The van der Waals surface area contributed by atoms with Gasteiger partial charge in [-0.05, 0) is 110 Å². The SMILES string of the molecule is CON(C)C(=O)C(CCCCNS(=O)(=O)c1c(C)c(C)c2c(c1C)CCC(C)(C)O2)NC(=O)OC(C)(C)C. The van der Waals surface area contributed by atoms with E-state index in [1.54, 1.807) is 20.8 Å². The van der Waals surface area contributed by atoms with E-state index < -0.39 is 33.7 Å². The zero-order chi connectivity index (χ0) is 29.1. The third kappa shape index (κ3) is 8.07. The number of sulfonamides is 1. The maximum absolute atomic E-state index is 13.3. The normalized spacial score (nSPS) is 15.7. The summed E-state index contributed by atoms with van der Waals surface area (Å²) >= 11 is 0. The molecule has 10 nitrogen and oxygen atoms in total. The van der Waals surface area contributed by atoms with Gasteiger partial charge in [0, 0.05) is 13.6 Å². The van der Waals surface area contributed by atoms with E-state index in [0.717, 1.165) is 40.3 Å². The quantitative estimate of drug-likeness (QED) is 0.329. The summed E-state index contributed by atoms with van der Waals surface area (Å²) in [5.41, 5.74) is 2.20. The van der Waals surface area contributed by atoms with Crippen molar-refractivity contribution in [3.05, 3.63) is 22.3 Å². The lowest BCUT2D eigenvalue weighted by Gasteiger charge is -2.35. The lowest BCUT2D eigenvalue weighted by molar-refractivity contribution is -0.171. The smallest absolute Gasteiger partial charge is 0.408 e. The Morgan fingerprint density at radius 3 is 2.32 bits per heavy atom. The lowest BCUT2D eigenvalue weighted by atomic mass is 9.88. The molecule has 0 aromatic heterocycles. The lowest BCUT2D eigenvalue weighted by Crippen LogP contribution is -2.48. The van der Waals surface area contributed by atoms with Crippen molar-refractivity contribution in [3.63, 3.8) is 0 Å². The number of benzene rings is 1. The number of hydrogen-bond acceptors (Lipinski definition) is 7. The van der Waals surface area contributed by atoms with Gasteiger partial charge in [0.2, 0.25) is 10.0 Å². The fourth-order valence-corrected chi connectivity index (χ4v) is 6.16. The van der Waals surface area contributed by atoms with Crippen molar-refractivity contribution in [2.24, 2.45) is 0 Å². The van der Waals surface area contributed by atoms with Gasteiger partial charge in [0.15, 0.2) is 0 Å². The predicted molar refractivity (Wildman–Crippen MR) is 146 cm³/mol. The average molecular weight is 556 g/mol. The molecule has 1 aliphatic rings. The van der Waals surface area contributed by atoms with E-state index >= 15 is 0 Å². The first-order valence-corrected chi connectivity index (χ1v) is 14.5. The van der Waals surface area contributed by atoms with Gasteiger partial charge >= 0.3 is 6.09 Å². The Hall–Kier alpha value is -2.37. The van der Waals surface area contributed by atoms with Crippen LogP contribution in [-0.2, 0) is 30.8 Å². The Labute approximate surface area is 227 Å². The Morgan fingerprint density at radius 2 is 1.74 bits per heavy atom. The molecule has 1 unspecified atom stereocenters. The van der Waals surface area contributed by atoms with Crippen molar-refractivity contribution >= 4 is 22.0 Å². The summed E-state index contributed by atoms with van der Waals surface area (Å²) in [6.07, 6.45) is 2.10. The molecule has 0 bridgehead atoms. The minimum atomic E-state index is -3.77. The van der Waals surface area contributed by atoms with Crippen molar-refractivity contribution in [1.29, 1.82) is 0 Å². The number of nitrogens with one attached hydrogen (secondary N) is 2. The van der Waals surface area contributed by atoms with Gasteiger partial charge in [0.1, 0.15) is 23.0 Å². The zero-order valence-corrected chi connectivity index (χ0v) is 25.3. The second-order valence-electron chi connectivity index (χ2n) is 11.5. The van der Waals surface area contributed by atoms with Gasteiger partial charge in [0.25, 0.3) is 5.91 Å². The van der Waals surface area contributed by atoms with E-state index in [9.17, 15) is 18.0 Å². The number of hydroxylamine groups is 2. The highest BCUT2D eigenvalue weighted by molar-refractivity contribution is 7.89. The van der Waals surface area contributed by atoms with E-state index in [1.807, 2.05) is 34.6 Å². The molecule has 1 aliphatic heterocycles. The van der Waals surface area contributed by atoms with Crippen LogP contribution in [0.15, 0.2) is 4.90 Å². The van der Waals surface area contributed by atoms with Gasteiger partial charge in [0.05, 0.1) is 12.0 Å². The first-order valence-electron chi connectivity index (χ1n) is 13.0. The summed E-state index contributed by atoms with van der Waals surface area (Å²) in [5.74, 6) is 0.365. The summed E-state index contributed by atoms with van der Waals surface area (Å²) in [4.78, 5) is 30.2. The van der Waals surface area contributed by atoms with Crippen molar-refractivity contribution < 1.29 is 32.3 Å². The number of alkyl carbamates (subject to hydrolysis) is 1. The van der Waals surface area contributed by atoms with Gasteiger partial charge in [-0.25, -0.2) is 23.0 Å². The first-order chi connectivity index (χ1) is 17.4. The van der Waals surface area contributed by atoms with Gasteiger partial charge in [-0.2, -0.15) is 0 Å². The van der Waals surface area contributed by atoms with Crippen LogP contribution < -0.4 is 14.8 Å². The third-order valence-electron chi connectivity index (χ3n) is 6.72. The van der Waals surface area contributed by atoms with E-state index in [0.29, 0.717) is 23.3 Å². The molecule has 0 saturated carbocycles. The van der Waals surface area contributed by atoms with Crippen molar-refractivity contribution in [2.75, 3.05) is 20.7 Å². The minimum Gasteiger partial charge on any atom is -0.487 e. The monoisotopic (exact) mass is 555 g/mol.